The molecule has 1 aliphatic heterocycles. The third kappa shape index (κ3) is 4.42. The minimum absolute atomic E-state index is 0.190. The summed E-state index contributed by atoms with van der Waals surface area (Å²) in [5.41, 5.74) is 2.83. The second kappa shape index (κ2) is 7.03. The molecule has 1 N–H and O–H groups in total. The maximum Gasteiger partial charge on any atom is 0.147 e. The van der Waals surface area contributed by atoms with Crippen molar-refractivity contribution in [1.29, 1.82) is 0 Å². The smallest absolute Gasteiger partial charge is 0.147 e. The first-order chi connectivity index (χ1) is 11.4. The molecular weight excluding hydrogens is 329 g/mol. The van der Waals surface area contributed by atoms with Gasteiger partial charge < -0.3 is 0 Å². The molecule has 1 atom stereocenters. The van der Waals surface area contributed by atoms with Gasteiger partial charge in [0, 0.05) is 30.5 Å². The highest BCUT2D eigenvalue weighted by molar-refractivity contribution is 7.90. The van der Waals surface area contributed by atoms with Crippen molar-refractivity contribution in [1.82, 2.24) is 15.1 Å². The summed E-state index contributed by atoms with van der Waals surface area (Å²) < 4.78 is 36.1. The Labute approximate surface area is 141 Å². The van der Waals surface area contributed by atoms with Crippen molar-refractivity contribution in [2.45, 2.75) is 19.4 Å². The standard InChI is InChI=1S/C17H22FN3O2S/c1-24(22,23)12-13-3-2-8-21(10-13)11-15-9-19-20-17(15)14-4-6-16(18)7-5-14/h4-7,9,13H,2-3,8,10-12H2,1H3,(H,19,20). The Bertz CT molecular complexity index is 786. The van der Waals surface area contributed by atoms with Crippen LogP contribution in [0, 0.1) is 11.7 Å². The maximum atomic E-state index is 13.1. The SMILES string of the molecule is CS(=O)(=O)CC1CCCN(Cc2cn[nH]c2-c2ccc(F)cc2)C1. The number of halogens is 1. The fraction of sp³-hybridized carbons (Fsp3) is 0.471. The van der Waals surface area contributed by atoms with E-state index in [0.717, 1.165) is 42.8 Å². The second-order valence-corrected chi connectivity index (χ2v) is 8.80. The normalized spacial score (nSPS) is 19.5. The molecule has 1 unspecified atom stereocenters. The molecule has 3 rings (SSSR count). The lowest BCUT2D eigenvalue weighted by Crippen LogP contribution is -2.37. The zero-order valence-corrected chi connectivity index (χ0v) is 14.5. The number of aromatic amines is 1. The van der Waals surface area contributed by atoms with Crippen LogP contribution in [0.4, 0.5) is 4.39 Å². The van der Waals surface area contributed by atoms with Gasteiger partial charge in [0.05, 0.1) is 17.6 Å². The molecule has 0 saturated carbocycles. The molecule has 2 aromatic rings. The highest BCUT2D eigenvalue weighted by Crippen LogP contribution is 2.25. The van der Waals surface area contributed by atoms with E-state index in [4.69, 9.17) is 0 Å². The molecule has 5 nitrogen and oxygen atoms in total. The Hall–Kier alpha value is -1.73. The van der Waals surface area contributed by atoms with Crippen molar-refractivity contribution in [3.05, 3.63) is 41.8 Å². The van der Waals surface area contributed by atoms with Crippen LogP contribution < -0.4 is 0 Å². The van der Waals surface area contributed by atoms with E-state index < -0.39 is 9.84 Å². The third-order valence-corrected chi connectivity index (χ3v) is 5.46. The zero-order valence-electron chi connectivity index (χ0n) is 13.7. The second-order valence-electron chi connectivity index (χ2n) is 6.61. The largest absolute Gasteiger partial charge is 0.299 e. The first-order valence-corrected chi connectivity index (χ1v) is 10.1. The molecule has 0 amide bonds. The van der Waals surface area contributed by atoms with Gasteiger partial charge in [-0.05, 0) is 49.6 Å². The van der Waals surface area contributed by atoms with Gasteiger partial charge in [0.2, 0.25) is 0 Å². The van der Waals surface area contributed by atoms with E-state index in [1.165, 1.54) is 18.4 Å². The number of sulfone groups is 1. The Morgan fingerprint density at radius 1 is 1.33 bits per heavy atom. The predicted molar refractivity (Wildman–Crippen MR) is 91.7 cm³/mol. The van der Waals surface area contributed by atoms with Gasteiger partial charge in [-0.3, -0.25) is 10.00 Å². The van der Waals surface area contributed by atoms with Gasteiger partial charge in [-0.25, -0.2) is 12.8 Å². The minimum atomic E-state index is -2.95. The Morgan fingerprint density at radius 3 is 2.79 bits per heavy atom. The number of likely N-dealkylation sites (tertiary alicyclic amines) is 1. The third-order valence-electron chi connectivity index (χ3n) is 4.39. The first kappa shape index (κ1) is 17.1. The molecule has 0 radical (unpaired) electrons. The van der Waals surface area contributed by atoms with Crippen LogP contribution in [0.2, 0.25) is 0 Å². The maximum absolute atomic E-state index is 13.1. The van der Waals surface area contributed by atoms with E-state index in [9.17, 15) is 12.8 Å². The van der Waals surface area contributed by atoms with Crippen molar-refractivity contribution >= 4 is 9.84 Å². The zero-order chi connectivity index (χ0) is 17.2. The molecule has 1 saturated heterocycles. The molecule has 0 aliphatic carbocycles. The van der Waals surface area contributed by atoms with Crippen LogP contribution in [-0.4, -0.2) is 48.6 Å². The molecule has 1 aromatic carbocycles. The van der Waals surface area contributed by atoms with Crippen LogP contribution in [0.15, 0.2) is 30.5 Å². The Morgan fingerprint density at radius 2 is 2.08 bits per heavy atom. The lowest BCUT2D eigenvalue weighted by Gasteiger charge is -2.32. The first-order valence-electron chi connectivity index (χ1n) is 8.09. The van der Waals surface area contributed by atoms with Crippen LogP contribution in [0.3, 0.4) is 0 Å². The van der Waals surface area contributed by atoms with Crippen molar-refractivity contribution in [2.24, 2.45) is 5.92 Å². The monoisotopic (exact) mass is 351 g/mol. The molecule has 1 fully saturated rings. The fourth-order valence-corrected chi connectivity index (χ4v) is 4.53. The molecule has 1 aliphatic rings. The minimum Gasteiger partial charge on any atom is -0.299 e. The summed E-state index contributed by atoms with van der Waals surface area (Å²) in [5, 5.41) is 7.11. The number of nitrogens with one attached hydrogen (secondary N) is 1. The summed E-state index contributed by atoms with van der Waals surface area (Å²) in [7, 11) is -2.95. The summed E-state index contributed by atoms with van der Waals surface area (Å²) >= 11 is 0. The van der Waals surface area contributed by atoms with E-state index in [2.05, 4.69) is 15.1 Å². The Balaban J connectivity index is 1.70. The van der Waals surface area contributed by atoms with Gasteiger partial charge >= 0.3 is 0 Å². The number of H-pyrrole nitrogens is 1. The van der Waals surface area contributed by atoms with Gasteiger partial charge in [0.1, 0.15) is 15.7 Å². The van der Waals surface area contributed by atoms with Gasteiger partial charge in [-0.15, -0.1) is 0 Å². The number of rotatable bonds is 5. The van der Waals surface area contributed by atoms with E-state index in [1.54, 1.807) is 18.3 Å². The number of nitrogens with zero attached hydrogens (tertiary/aromatic N) is 2. The van der Waals surface area contributed by atoms with Crippen LogP contribution in [0.25, 0.3) is 11.3 Å². The molecule has 1 aromatic heterocycles. The number of hydrogen-bond acceptors (Lipinski definition) is 4. The number of benzene rings is 1. The highest BCUT2D eigenvalue weighted by Gasteiger charge is 2.24. The van der Waals surface area contributed by atoms with Crippen LogP contribution in [0.1, 0.15) is 18.4 Å². The molecule has 7 heteroatoms. The van der Waals surface area contributed by atoms with E-state index in [1.807, 2.05) is 0 Å². The number of piperidine rings is 1. The molecule has 0 bridgehead atoms. The Kier molecular flexibility index (Phi) is 5.01. The number of hydrogen-bond donors (Lipinski definition) is 1. The summed E-state index contributed by atoms with van der Waals surface area (Å²) in [6, 6.07) is 6.33. The fourth-order valence-electron chi connectivity index (χ4n) is 3.40. The molecule has 0 spiro atoms. The van der Waals surface area contributed by atoms with Crippen molar-refractivity contribution < 1.29 is 12.8 Å². The quantitative estimate of drug-likeness (QED) is 0.899. The van der Waals surface area contributed by atoms with Gasteiger partial charge in [-0.1, -0.05) is 0 Å². The molecule has 24 heavy (non-hydrogen) atoms. The molecule has 130 valence electrons. The van der Waals surface area contributed by atoms with E-state index >= 15 is 0 Å². The highest BCUT2D eigenvalue weighted by atomic mass is 32.2. The lowest BCUT2D eigenvalue weighted by atomic mass is 9.99. The summed E-state index contributed by atoms with van der Waals surface area (Å²) in [6.45, 7) is 2.44. The lowest BCUT2D eigenvalue weighted by molar-refractivity contribution is 0.178. The summed E-state index contributed by atoms with van der Waals surface area (Å²) in [4.78, 5) is 2.28. The number of aromatic nitrogens is 2. The van der Waals surface area contributed by atoms with Crippen molar-refractivity contribution in [2.75, 3.05) is 25.1 Å². The van der Waals surface area contributed by atoms with Gasteiger partial charge in [0.25, 0.3) is 0 Å². The summed E-state index contributed by atoms with van der Waals surface area (Å²) in [6.07, 6.45) is 5.05. The average molecular weight is 351 g/mol. The van der Waals surface area contributed by atoms with Crippen LogP contribution >= 0.6 is 0 Å². The molecule has 2 heterocycles. The average Bonchev–Trinajstić information content (AvgIpc) is 2.95. The molecular formula is C17H22FN3O2S. The van der Waals surface area contributed by atoms with Gasteiger partial charge in [-0.2, -0.15) is 5.10 Å². The summed E-state index contributed by atoms with van der Waals surface area (Å²) in [5.74, 6) is 0.175. The van der Waals surface area contributed by atoms with E-state index in [-0.39, 0.29) is 17.5 Å². The van der Waals surface area contributed by atoms with Crippen LogP contribution in [0.5, 0.6) is 0 Å². The van der Waals surface area contributed by atoms with Gasteiger partial charge in [0.15, 0.2) is 0 Å². The van der Waals surface area contributed by atoms with Crippen LogP contribution in [-0.2, 0) is 16.4 Å². The van der Waals surface area contributed by atoms with E-state index in [0.29, 0.717) is 6.54 Å². The topological polar surface area (TPSA) is 66.1 Å². The predicted octanol–water partition coefficient (Wildman–Crippen LogP) is 2.47. The van der Waals surface area contributed by atoms with Crippen molar-refractivity contribution in [3.8, 4) is 11.3 Å². The van der Waals surface area contributed by atoms with Crippen molar-refractivity contribution in [3.63, 3.8) is 0 Å².